The summed E-state index contributed by atoms with van der Waals surface area (Å²) < 4.78 is 8.59. The van der Waals surface area contributed by atoms with Crippen molar-refractivity contribution in [3.05, 3.63) is 115 Å². The molecular weight excluding hydrogens is 468 g/mol. The fraction of sp³-hybridized carbons (Fsp3) is 0. The molecule has 3 heterocycles. The van der Waals surface area contributed by atoms with Crippen molar-refractivity contribution in [1.29, 1.82) is 5.26 Å². The first-order valence-electron chi connectivity index (χ1n) is 12.4. The maximum absolute atomic E-state index is 9.53. The van der Waals surface area contributed by atoms with Gasteiger partial charge in [0.15, 0.2) is 5.58 Å². The van der Waals surface area contributed by atoms with Crippen molar-refractivity contribution in [3.8, 4) is 23.3 Å². The van der Waals surface area contributed by atoms with E-state index in [1.807, 2.05) is 66.7 Å². The molecule has 0 fully saturated rings. The molecule has 0 unspecified atom stereocenters. The second-order valence-corrected chi connectivity index (χ2v) is 9.37. The summed E-state index contributed by atoms with van der Waals surface area (Å²) in [4.78, 5) is 10.2. The minimum Gasteiger partial charge on any atom is -0.454 e. The molecule has 176 valence electrons. The summed E-state index contributed by atoms with van der Waals surface area (Å²) in [7, 11) is 0. The first kappa shape index (κ1) is 20.7. The highest BCUT2D eigenvalue weighted by Gasteiger charge is 2.21. The average Bonchev–Trinajstić information content (AvgIpc) is 3.52. The van der Waals surface area contributed by atoms with Gasteiger partial charge >= 0.3 is 0 Å². The van der Waals surface area contributed by atoms with E-state index in [1.54, 1.807) is 6.07 Å². The van der Waals surface area contributed by atoms with Crippen LogP contribution in [-0.4, -0.2) is 14.5 Å². The van der Waals surface area contributed by atoms with Crippen molar-refractivity contribution in [2.75, 3.05) is 0 Å². The van der Waals surface area contributed by atoms with E-state index in [1.165, 1.54) is 0 Å². The fourth-order valence-electron chi connectivity index (χ4n) is 5.56. The molecule has 5 aromatic carbocycles. The second kappa shape index (κ2) is 7.76. The normalized spacial score (nSPS) is 11.7. The van der Waals surface area contributed by atoms with Gasteiger partial charge in [0.2, 0.25) is 5.95 Å². The fourth-order valence-corrected chi connectivity index (χ4v) is 5.56. The molecule has 8 rings (SSSR count). The average molecular weight is 487 g/mol. The van der Waals surface area contributed by atoms with Crippen molar-refractivity contribution >= 4 is 54.6 Å². The van der Waals surface area contributed by atoms with Gasteiger partial charge in [-0.05, 0) is 36.4 Å². The molecule has 0 aliphatic rings. The van der Waals surface area contributed by atoms with Gasteiger partial charge in [-0.2, -0.15) is 5.26 Å². The van der Waals surface area contributed by atoms with E-state index < -0.39 is 0 Å². The molecule has 0 saturated carbocycles. The summed E-state index contributed by atoms with van der Waals surface area (Å²) in [6.45, 7) is 0. The number of hydrogen-bond acceptors (Lipinski definition) is 4. The highest BCUT2D eigenvalue weighted by Crippen LogP contribution is 2.40. The standard InChI is InChI=1S/C33H18N4O/c34-19-20-8-7-9-21(18-20)30-26-12-1-4-13-27(26)35-33(36-30)37-28-14-5-2-10-22(28)24-16-17-25-23-11-3-6-15-29(23)38-32(25)31(24)37/h1-18H. The third-order valence-electron chi connectivity index (χ3n) is 7.24. The maximum atomic E-state index is 9.53. The summed E-state index contributed by atoms with van der Waals surface area (Å²) in [5.74, 6) is 0.556. The van der Waals surface area contributed by atoms with Gasteiger partial charge in [0, 0.05) is 32.5 Å². The van der Waals surface area contributed by atoms with E-state index in [0.717, 1.165) is 65.9 Å². The van der Waals surface area contributed by atoms with Gasteiger partial charge in [-0.1, -0.05) is 72.8 Å². The number of nitrogens with zero attached hydrogens (tertiary/aromatic N) is 4. The van der Waals surface area contributed by atoms with Crippen LogP contribution in [0.15, 0.2) is 114 Å². The number of benzene rings is 5. The monoisotopic (exact) mass is 486 g/mol. The van der Waals surface area contributed by atoms with Crippen LogP contribution in [0.25, 0.3) is 71.9 Å². The molecule has 0 atom stereocenters. The molecule has 3 aromatic heterocycles. The number of fused-ring (bicyclic) bond motifs is 8. The Bertz CT molecular complexity index is 2270. The number of furan rings is 1. The van der Waals surface area contributed by atoms with E-state index in [-0.39, 0.29) is 0 Å². The smallest absolute Gasteiger partial charge is 0.235 e. The first-order valence-corrected chi connectivity index (χ1v) is 12.4. The van der Waals surface area contributed by atoms with Gasteiger partial charge in [-0.3, -0.25) is 4.57 Å². The number of nitriles is 1. The zero-order chi connectivity index (χ0) is 25.2. The lowest BCUT2D eigenvalue weighted by Crippen LogP contribution is -2.03. The number of rotatable bonds is 2. The summed E-state index contributed by atoms with van der Waals surface area (Å²) in [5.41, 5.74) is 6.67. The molecule has 0 spiro atoms. The van der Waals surface area contributed by atoms with Crippen molar-refractivity contribution < 1.29 is 4.42 Å². The largest absolute Gasteiger partial charge is 0.454 e. The molecule has 5 nitrogen and oxygen atoms in total. The minimum atomic E-state index is 0.556. The highest BCUT2D eigenvalue weighted by atomic mass is 16.3. The van der Waals surface area contributed by atoms with Crippen LogP contribution in [-0.2, 0) is 0 Å². The topological polar surface area (TPSA) is 67.6 Å². The Morgan fingerprint density at radius 3 is 2.32 bits per heavy atom. The molecule has 0 bridgehead atoms. The summed E-state index contributed by atoms with van der Waals surface area (Å²) in [6, 6.07) is 38.5. The summed E-state index contributed by atoms with van der Waals surface area (Å²) in [5, 5.41) is 14.8. The first-order chi connectivity index (χ1) is 18.8. The van der Waals surface area contributed by atoms with E-state index in [9.17, 15) is 5.26 Å². The number of hydrogen-bond donors (Lipinski definition) is 0. The lowest BCUT2D eigenvalue weighted by Gasteiger charge is -2.12. The lowest BCUT2D eigenvalue weighted by molar-refractivity contribution is 0.671. The molecule has 0 radical (unpaired) electrons. The third-order valence-corrected chi connectivity index (χ3v) is 7.24. The van der Waals surface area contributed by atoms with Crippen molar-refractivity contribution in [2.24, 2.45) is 0 Å². The van der Waals surface area contributed by atoms with Crippen LogP contribution in [0.5, 0.6) is 0 Å². The Morgan fingerprint density at radius 1 is 0.658 bits per heavy atom. The summed E-state index contributed by atoms with van der Waals surface area (Å²) in [6.07, 6.45) is 0. The van der Waals surface area contributed by atoms with Crippen molar-refractivity contribution in [1.82, 2.24) is 14.5 Å². The van der Waals surface area contributed by atoms with Crippen LogP contribution in [0.3, 0.4) is 0 Å². The molecule has 8 aromatic rings. The summed E-state index contributed by atoms with van der Waals surface area (Å²) >= 11 is 0. The van der Waals surface area contributed by atoms with Crippen LogP contribution in [0.4, 0.5) is 0 Å². The second-order valence-electron chi connectivity index (χ2n) is 9.37. The Labute approximate surface area is 216 Å². The van der Waals surface area contributed by atoms with Crippen LogP contribution < -0.4 is 0 Å². The Kier molecular flexibility index (Phi) is 4.23. The van der Waals surface area contributed by atoms with Crippen molar-refractivity contribution in [2.45, 2.75) is 0 Å². The van der Waals surface area contributed by atoms with Gasteiger partial charge in [0.1, 0.15) is 11.1 Å². The Hall–Kier alpha value is -5.47. The van der Waals surface area contributed by atoms with E-state index >= 15 is 0 Å². The van der Waals surface area contributed by atoms with Crippen LogP contribution in [0.2, 0.25) is 0 Å². The molecule has 0 aliphatic carbocycles. The molecular formula is C33H18N4O. The van der Waals surface area contributed by atoms with Gasteiger partial charge in [0.25, 0.3) is 0 Å². The zero-order valence-corrected chi connectivity index (χ0v) is 20.1. The van der Waals surface area contributed by atoms with Gasteiger partial charge < -0.3 is 4.42 Å². The molecule has 0 N–H and O–H groups in total. The lowest BCUT2D eigenvalue weighted by atomic mass is 10.0. The SMILES string of the molecule is N#Cc1cccc(-c2nc(-n3c4ccccc4c4ccc5c6ccccc6oc5c43)nc3ccccc23)c1. The maximum Gasteiger partial charge on any atom is 0.235 e. The molecule has 0 saturated heterocycles. The molecule has 0 amide bonds. The van der Waals surface area contributed by atoms with Gasteiger partial charge in [-0.25, -0.2) is 9.97 Å². The number of aromatic nitrogens is 3. The van der Waals surface area contributed by atoms with Gasteiger partial charge in [0.05, 0.1) is 28.4 Å². The van der Waals surface area contributed by atoms with E-state index in [0.29, 0.717) is 11.5 Å². The quantitative estimate of drug-likeness (QED) is 0.247. The van der Waals surface area contributed by atoms with Crippen LogP contribution in [0.1, 0.15) is 5.56 Å². The zero-order valence-electron chi connectivity index (χ0n) is 20.1. The van der Waals surface area contributed by atoms with Crippen molar-refractivity contribution in [3.63, 3.8) is 0 Å². The third kappa shape index (κ3) is 2.86. The molecule has 5 heteroatoms. The van der Waals surface area contributed by atoms with E-state index in [2.05, 4.69) is 47.0 Å². The molecule has 38 heavy (non-hydrogen) atoms. The number of para-hydroxylation sites is 3. The van der Waals surface area contributed by atoms with Crippen LogP contribution >= 0.6 is 0 Å². The van der Waals surface area contributed by atoms with Crippen LogP contribution in [0, 0.1) is 11.3 Å². The van der Waals surface area contributed by atoms with E-state index in [4.69, 9.17) is 14.4 Å². The highest BCUT2D eigenvalue weighted by molar-refractivity contribution is 6.21. The Morgan fingerprint density at radius 2 is 1.42 bits per heavy atom. The van der Waals surface area contributed by atoms with Gasteiger partial charge in [-0.15, -0.1) is 0 Å². The Balaban J connectivity index is 1.55. The predicted octanol–water partition coefficient (Wildman–Crippen LogP) is 8.16. The molecule has 0 aliphatic heterocycles. The minimum absolute atomic E-state index is 0.556. The predicted molar refractivity (Wildman–Crippen MR) is 151 cm³/mol.